The predicted octanol–water partition coefficient (Wildman–Crippen LogP) is 2.77. The average molecular weight is 311 g/mol. The molecule has 0 saturated carbocycles. The molecule has 0 saturated heterocycles. The first-order valence-electron chi connectivity index (χ1n) is 5.88. The molecule has 106 valence electrons. The molecule has 0 atom stereocenters. The lowest BCUT2D eigenvalue weighted by Crippen LogP contribution is -2.13. The number of thiocarbonyl (C=S) groups is 1. The highest BCUT2D eigenvalue weighted by molar-refractivity contribution is 7.80. The summed E-state index contributed by atoms with van der Waals surface area (Å²) in [5.74, 6) is 1.37. The van der Waals surface area contributed by atoms with Crippen molar-refractivity contribution in [2.24, 2.45) is 12.8 Å². The molecule has 3 N–H and O–H groups in total. The molecule has 1 aromatic heterocycles. The number of anilines is 2. The average Bonchev–Trinajstić information content (AvgIpc) is 2.64. The van der Waals surface area contributed by atoms with E-state index in [0.29, 0.717) is 27.1 Å². The van der Waals surface area contributed by atoms with E-state index in [2.05, 4.69) is 10.4 Å². The maximum Gasteiger partial charge on any atom is 0.142 e. The van der Waals surface area contributed by atoms with Crippen molar-refractivity contribution in [1.29, 1.82) is 0 Å². The number of nitrogens with one attached hydrogen (secondary N) is 1. The molecular weight excluding hydrogens is 296 g/mol. The van der Waals surface area contributed by atoms with Gasteiger partial charge in [-0.05, 0) is 25.1 Å². The zero-order chi connectivity index (χ0) is 14.9. The molecule has 20 heavy (non-hydrogen) atoms. The zero-order valence-electron chi connectivity index (χ0n) is 11.4. The van der Waals surface area contributed by atoms with E-state index in [-0.39, 0.29) is 0 Å². The Morgan fingerprint density at radius 2 is 2.20 bits per heavy atom. The topological polar surface area (TPSA) is 65.1 Å². The number of nitrogens with zero attached hydrogens (tertiary/aromatic N) is 2. The molecule has 0 bridgehead atoms. The van der Waals surface area contributed by atoms with Crippen LogP contribution in [-0.4, -0.2) is 21.9 Å². The van der Waals surface area contributed by atoms with Gasteiger partial charge in [0.15, 0.2) is 0 Å². The van der Waals surface area contributed by atoms with Gasteiger partial charge in [-0.3, -0.25) is 4.68 Å². The van der Waals surface area contributed by atoms with Gasteiger partial charge in [0, 0.05) is 12.1 Å². The van der Waals surface area contributed by atoms with Gasteiger partial charge < -0.3 is 15.8 Å². The third-order valence-electron chi connectivity index (χ3n) is 2.88. The predicted molar refractivity (Wildman–Crippen MR) is 85.1 cm³/mol. The van der Waals surface area contributed by atoms with Gasteiger partial charge in [-0.15, -0.1) is 0 Å². The summed E-state index contributed by atoms with van der Waals surface area (Å²) in [5, 5.41) is 8.15. The van der Waals surface area contributed by atoms with Crippen LogP contribution in [0.25, 0.3) is 0 Å². The molecule has 7 heteroatoms. The van der Waals surface area contributed by atoms with Crippen molar-refractivity contribution in [2.75, 3.05) is 12.4 Å². The molecule has 1 aromatic carbocycles. The highest BCUT2D eigenvalue weighted by Crippen LogP contribution is 2.32. The first-order chi connectivity index (χ1) is 9.43. The maximum atomic E-state index is 6.02. The molecule has 0 aliphatic carbocycles. The molecule has 0 spiro atoms. The Bertz CT molecular complexity index is 669. The summed E-state index contributed by atoms with van der Waals surface area (Å²) in [5.41, 5.74) is 7.97. The van der Waals surface area contributed by atoms with Crippen LogP contribution in [0.3, 0.4) is 0 Å². The normalized spacial score (nSPS) is 10.4. The third-order valence-corrected chi connectivity index (χ3v) is 3.32. The standard InChI is InChI=1S/C13H15ClN4OS/c1-7-11(12(15)20)13(18(2)17-7)16-9-6-8(14)4-5-10(9)19-3/h4-6,16H,1-3H3,(H2,15,20). The Kier molecular flexibility index (Phi) is 4.15. The number of ether oxygens (including phenoxy) is 1. The number of nitrogens with two attached hydrogens (primary N) is 1. The van der Waals surface area contributed by atoms with E-state index in [1.807, 2.05) is 14.0 Å². The molecule has 0 aliphatic rings. The summed E-state index contributed by atoms with van der Waals surface area (Å²) in [7, 11) is 3.41. The second kappa shape index (κ2) is 5.68. The summed E-state index contributed by atoms with van der Waals surface area (Å²) in [6.45, 7) is 1.86. The first-order valence-corrected chi connectivity index (χ1v) is 6.66. The third kappa shape index (κ3) is 2.71. The van der Waals surface area contributed by atoms with E-state index >= 15 is 0 Å². The molecule has 0 fully saturated rings. The maximum absolute atomic E-state index is 6.02. The number of benzene rings is 1. The van der Waals surface area contributed by atoms with E-state index in [1.165, 1.54) is 0 Å². The van der Waals surface area contributed by atoms with Gasteiger partial charge in [0.05, 0.1) is 24.1 Å². The molecule has 1 heterocycles. The minimum absolute atomic E-state index is 0.291. The van der Waals surface area contributed by atoms with E-state index in [9.17, 15) is 0 Å². The van der Waals surface area contributed by atoms with E-state index in [4.69, 9.17) is 34.3 Å². The highest BCUT2D eigenvalue weighted by Gasteiger charge is 2.17. The molecule has 0 aliphatic heterocycles. The van der Waals surface area contributed by atoms with Gasteiger partial charge in [0.25, 0.3) is 0 Å². The molecule has 0 radical (unpaired) electrons. The Labute approximate surface area is 127 Å². The van der Waals surface area contributed by atoms with Crippen molar-refractivity contribution in [3.05, 3.63) is 34.5 Å². The Morgan fingerprint density at radius 1 is 1.50 bits per heavy atom. The van der Waals surface area contributed by atoms with E-state index in [1.54, 1.807) is 30.0 Å². The summed E-state index contributed by atoms with van der Waals surface area (Å²) >= 11 is 11.1. The number of halogens is 1. The van der Waals surface area contributed by atoms with Crippen LogP contribution in [0.15, 0.2) is 18.2 Å². The van der Waals surface area contributed by atoms with Crippen molar-refractivity contribution in [1.82, 2.24) is 9.78 Å². The monoisotopic (exact) mass is 310 g/mol. The van der Waals surface area contributed by atoms with Crippen molar-refractivity contribution < 1.29 is 4.74 Å². The minimum atomic E-state index is 0.291. The van der Waals surface area contributed by atoms with Crippen molar-refractivity contribution >= 4 is 40.3 Å². The Balaban J connectivity index is 2.50. The van der Waals surface area contributed by atoms with Crippen LogP contribution in [0.2, 0.25) is 5.02 Å². The quantitative estimate of drug-likeness (QED) is 0.850. The number of methoxy groups -OCH3 is 1. The van der Waals surface area contributed by atoms with Crippen LogP contribution in [0, 0.1) is 6.92 Å². The number of hydrogen-bond acceptors (Lipinski definition) is 4. The van der Waals surface area contributed by atoms with Gasteiger partial charge in [-0.2, -0.15) is 5.10 Å². The molecule has 2 rings (SSSR count). The summed E-state index contributed by atoms with van der Waals surface area (Å²) in [4.78, 5) is 0.291. The van der Waals surface area contributed by atoms with E-state index in [0.717, 1.165) is 11.4 Å². The second-order valence-corrected chi connectivity index (χ2v) is 5.14. The Hall–Kier alpha value is -1.79. The first kappa shape index (κ1) is 14.6. The molecular formula is C13H15ClN4OS. The SMILES string of the molecule is COc1ccc(Cl)cc1Nc1c(C(N)=S)c(C)nn1C. The van der Waals surface area contributed by atoms with Crippen molar-refractivity contribution in [3.8, 4) is 5.75 Å². The fraction of sp³-hybridized carbons (Fsp3) is 0.231. The van der Waals surface area contributed by atoms with E-state index < -0.39 is 0 Å². The minimum Gasteiger partial charge on any atom is -0.495 e. The second-order valence-electron chi connectivity index (χ2n) is 4.27. The summed E-state index contributed by atoms with van der Waals surface area (Å²) < 4.78 is 6.99. The van der Waals surface area contributed by atoms with Crippen LogP contribution in [-0.2, 0) is 7.05 Å². The lowest BCUT2D eigenvalue weighted by atomic mass is 10.2. The summed E-state index contributed by atoms with van der Waals surface area (Å²) in [6.07, 6.45) is 0. The Morgan fingerprint density at radius 3 is 2.80 bits per heavy atom. The largest absolute Gasteiger partial charge is 0.495 e. The van der Waals surface area contributed by atoms with Gasteiger partial charge in [-0.25, -0.2) is 0 Å². The smallest absolute Gasteiger partial charge is 0.142 e. The molecule has 0 unspecified atom stereocenters. The van der Waals surface area contributed by atoms with Crippen LogP contribution in [0.5, 0.6) is 5.75 Å². The van der Waals surface area contributed by atoms with Gasteiger partial charge in [0.2, 0.25) is 0 Å². The van der Waals surface area contributed by atoms with Crippen LogP contribution < -0.4 is 15.8 Å². The van der Waals surface area contributed by atoms with Gasteiger partial charge in [0.1, 0.15) is 16.6 Å². The molecule has 2 aromatic rings. The number of rotatable bonds is 4. The summed E-state index contributed by atoms with van der Waals surface area (Å²) in [6, 6.07) is 5.31. The zero-order valence-corrected chi connectivity index (χ0v) is 13.0. The number of hydrogen-bond donors (Lipinski definition) is 2. The number of aromatic nitrogens is 2. The highest BCUT2D eigenvalue weighted by atomic mass is 35.5. The van der Waals surface area contributed by atoms with Crippen molar-refractivity contribution in [2.45, 2.75) is 6.92 Å². The van der Waals surface area contributed by atoms with Crippen LogP contribution in [0.1, 0.15) is 11.3 Å². The van der Waals surface area contributed by atoms with Gasteiger partial charge >= 0.3 is 0 Å². The lowest BCUT2D eigenvalue weighted by molar-refractivity contribution is 0.417. The fourth-order valence-corrected chi connectivity index (χ4v) is 2.42. The van der Waals surface area contributed by atoms with Crippen LogP contribution in [0.4, 0.5) is 11.5 Å². The fourth-order valence-electron chi connectivity index (χ4n) is 2.00. The molecule has 5 nitrogen and oxygen atoms in total. The lowest BCUT2D eigenvalue weighted by Gasteiger charge is -2.13. The van der Waals surface area contributed by atoms with Crippen LogP contribution >= 0.6 is 23.8 Å². The number of aryl methyl sites for hydroxylation is 2. The van der Waals surface area contributed by atoms with Gasteiger partial charge in [-0.1, -0.05) is 23.8 Å². The van der Waals surface area contributed by atoms with Crippen molar-refractivity contribution in [3.63, 3.8) is 0 Å². The molecule has 0 amide bonds.